The summed E-state index contributed by atoms with van der Waals surface area (Å²) in [4.78, 5) is 21.6. The minimum Gasteiger partial charge on any atom is -0.497 e. The van der Waals surface area contributed by atoms with Crippen molar-refractivity contribution in [2.24, 2.45) is 0 Å². The Morgan fingerprint density at radius 3 is 2.63 bits per heavy atom. The van der Waals surface area contributed by atoms with Crippen molar-refractivity contribution in [3.63, 3.8) is 0 Å². The van der Waals surface area contributed by atoms with E-state index in [1.54, 1.807) is 32.0 Å². The molecule has 0 saturated heterocycles. The quantitative estimate of drug-likeness (QED) is 0.353. The molecule has 1 rings (SSSR count). The molecule has 1 aromatic carbocycles. The van der Waals surface area contributed by atoms with Gasteiger partial charge in [-0.05, 0) is 37.1 Å². The fourth-order valence-electron chi connectivity index (χ4n) is 1.48. The van der Waals surface area contributed by atoms with Gasteiger partial charge in [0.2, 0.25) is 0 Å². The van der Waals surface area contributed by atoms with Gasteiger partial charge in [-0.2, -0.15) is 0 Å². The lowest BCUT2D eigenvalue weighted by molar-refractivity contribution is -0.419. The highest BCUT2D eigenvalue weighted by atomic mass is 16.6. The Labute approximate surface area is 110 Å². The first kappa shape index (κ1) is 14.7. The van der Waals surface area contributed by atoms with Crippen molar-refractivity contribution in [2.75, 3.05) is 13.7 Å². The first-order valence-corrected chi connectivity index (χ1v) is 5.67. The summed E-state index contributed by atoms with van der Waals surface area (Å²) in [5.41, 5.74) is 0.749. The second-order valence-electron chi connectivity index (χ2n) is 3.73. The molecule has 19 heavy (non-hydrogen) atoms. The number of carbonyl (C=O) groups is 1. The summed E-state index contributed by atoms with van der Waals surface area (Å²) in [7, 11) is 1.53. The van der Waals surface area contributed by atoms with Crippen molar-refractivity contribution < 1.29 is 19.2 Å². The maximum Gasteiger partial charge on any atom is 0.409 e. The Balaban J connectivity index is 3.15. The molecule has 0 aliphatic carbocycles. The van der Waals surface area contributed by atoms with Crippen molar-refractivity contribution in [2.45, 2.75) is 13.8 Å². The van der Waals surface area contributed by atoms with Gasteiger partial charge in [0.25, 0.3) is 0 Å². The first-order valence-electron chi connectivity index (χ1n) is 5.67. The minimum absolute atomic E-state index is 0.0889. The number of carbonyl (C=O) groups excluding carboxylic acids is 1. The monoisotopic (exact) mass is 265 g/mol. The lowest BCUT2D eigenvalue weighted by Crippen LogP contribution is -2.14. The molecule has 0 aliphatic rings. The van der Waals surface area contributed by atoms with Crippen molar-refractivity contribution >= 4 is 12.0 Å². The number of esters is 1. The van der Waals surface area contributed by atoms with E-state index in [0.717, 1.165) is 5.56 Å². The standard InChI is InChI=1S/C13H15NO5/c1-4-19-13(15)12(14(16)17)8-10-5-6-11(18-3)7-9(10)2/h5-8H,4H2,1-3H3/b12-8+. The molecule has 0 unspecified atom stereocenters. The third-order valence-electron chi connectivity index (χ3n) is 2.45. The zero-order valence-corrected chi connectivity index (χ0v) is 11.0. The van der Waals surface area contributed by atoms with Gasteiger partial charge >= 0.3 is 11.7 Å². The van der Waals surface area contributed by atoms with Crippen molar-refractivity contribution in [3.05, 3.63) is 45.1 Å². The topological polar surface area (TPSA) is 78.7 Å². The smallest absolute Gasteiger partial charge is 0.409 e. The Morgan fingerprint density at radius 1 is 1.47 bits per heavy atom. The van der Waals surface area contributed by atoms with Gasteiger partial charge < -0.3 is 9.47 Å². The predicted molar refractivity (Wildman–Crippen MR) is 69.3 cm³/mol. The van der Waals surface area contributed by atoms with Gasteiger partial charge in [0.1, 0.15) is 5.75 Å². The maximum absolute atomic E-state index is 11.5. The first-order chi connectivity index (χ1) is 8.99. The normalized spacial score (nSPS) is 11.0. The van der Waals surface area contributed by atoms with Crippen LogP contribution >= 0.6 is 0 Å². The van der Waals surface area contributed by atoms with E-state index in [1.807, 2.05) is 0 Å². The summed E-state index contributed by atoms with van der Waals surface area (Å²) < 4.78 is 9.69. The van der Waals surface area contributed by atoms with Crippen LogP contribution in [0.25, 0.3) is 6.08 Å². The van der Waals surface area contributed by atoms with Gasteiger partial charge in [-0.1, -0.05) is 6.07 Å². The molecule has 0 radical (unpaired) electrons. The van der Waals surface area contributed by atoms with Crippen LogP contribution in [-0.4, -0.2) is 24.6 Å². The molecule has 0 spiro atoms. The predicted octanol–water partition coefficient (Wildman–Crippen LogP) is 2.18. The molecule has 0 aromatic heterocycles. The third-order valence-corrected chi connectivity index (χ3v) is 2.45. The summed E-state index contributed by atoms with van der Waals surface area (Å²) >= 11 is 0. The molecule has 0 amide bonds. The lowest BCUT2D eigenvalue weighted by atomic mass is 10.1. The van der Waals surface area contributed by atoms with Crippen molar-refractivity contribution in [1.82, 2.24) is 0 Å². The number of nitro groups is 1. The van der Waals surface area contributed by atoms with Crippen molar-refractivity contribution in [3.8, 4) is 5.75 Å². The summed E-state index contributed by atoms with van der Waals surface area (Å²) in [5, 5.41) is 10.9. The van der Waals surface area contributed by atoms with E-state index in [1.165, 1.54) is 13.2 Å². The number of nitrogens with zero attached hydrogens (tertiary/aromatic N) is 1. The number of rotatable bonds is 5. The van der Waals surface area contributed by atoms with Gasteiger partial charge in [-0.25, -0.2) is 4.79 Å². The van der Waals surface area contributed by atoms with Crippen LogP contribution in [0.5, 0.6) is 5.75 Å². The van der Waals surface area contributed by atoms with Gasteiger partial charge in [-0.15, -0.1) is 0 Å². The van der Waals surface area contributed by atoms with Crippen LogP contribution in [0.4, 0.5) is 0 Å². The SMILES string of the molecule is CCOC(=O)/C(=C\c1ccc(OC)cc1C)[N+](=O)[O-]. The maximum atomic E-state index is 11.5. The van der Waals surface area contributed by atoms with E-state index in [-0.39, 0.29) is 6.61 Å². The molecule has 0 saturated carbocycles. The highest BCUT2D eigenvalue weighted by Crippen LogP contribution is 2.19. The molecule has 6 nitrogen and oxygen atoms in total. The van der Waals surface area contributed by atoms with Crippen LogP contribution in [-0.2, 0) is 9.53 Å². The molecule has 0 fully saturated rings. The number of benzene rings is 1. The fraction of sp³-hybridized carbons (Fsp3) is 0.308. The van der Waals surface area contributed by atoms with Crippen LogP contribution in [0, 0.1) is 17.0 Å². The summed E-state index contributed by atoms with van der Waals surface area (Å²) in [6.45, 7) is 3.46. The van der Waals surface area contributed by atoms with Crippen LogP contribution in [0.2, 0.25) is 0 Å². The van der Waals surface area contributed by atoms with E-state index in [0.29, 0.717) is 11.3 Å². The Hall–Kier alpha value is -2.37. The molecule has 0 heterocycles. The zero-order chi connectivity index (χ0) is 14.4. The van der Waals surface area contributed by atoms with E-state index in [9.17, 15) is 14.9 Å². The second kappa shape index (κ2) is 6.53. The fourth-order valence-corrected chi connectivity index (χ4v) is 1.48. The minimum atomic E-state index is -0.942. The molecule has 102 valence electrons. The number of ether oxygens (including phenoxy) is 2. The van der Waals surface area contributed by atoms with Crippen LogP contribution in [0.1, 0.15) is 18.1 Å². The zero-order valence-electron chi connectivity index (χ0n) is 11.0. The molecular weight excluding hydrogens is 250 g/mol. The van der Waals surface area contributed by atoms with Crippen LogP contribution < -0.4 is 4.74 Å². The average molecular weight is 265 g/mol. The second-order valence-corrected chi connectivity index (χ2v) is 3.73. The number of hydrogen-bond acceptors (Lipinski definition) is 5. The summed E-state index contributed by atoms with van der Waals surface area (Å²) in [6.07, 6.45) is 1.20. The summed E-state index contributed by atoms with van der Waals surface area (Å²) in [6, 6.07) is 5.05. The van der Waals surface area contributed by atoms with Crippen LogP contribution in [0.3, 0.4) is 0 Å². The molecule has 0 aliphatic heterocycles. The molecule has 0 atom stereocenters. The highest BCUT2D eigenvalue weighted by Gasteiger charge is 2.23. The van der Waals surface area contributed by atoms with Crippen LogP contribution in [0.15, 0.2) is 23.9 Å². The largest absolute Gasteiger partial charge is 0.497 e. The van der Waals surface area contributed by atoms with E-state index in [4.69, 9.17) is 4.74 Å². The van der Waals surface area contributed by atoms with Gasteiger partial charge in [0.15, 0.2) is 0 Å². The van der Waals surface area contributed by atoms with Gasteiger partial charge in [0.05, 0.1) is 18.6 Å². The third kappa shape index (κ3) is 3.80. The molecule has 0 N–H and O–H groups in total. The number of aryl methyl sites for hydroxylation is 1. The van der Waals surface area contributed by atoms with E-state index >= 15 is 0 Å². The van der Waals surface area contributed by atoms with E-state index in [2.05, 4.69) is 4.74 Å². The lowest BCUT2D eigenvalue weighted by Gasteiger charge is -2.04. The Morgan fingerprint density at radius 2 is 2.16 bits per heavy atom. The van der Waals surface area contributed by atoms with Crippen molar-refractivity contribution in [1.29, 1.82) is 0 Å². The highest BCUT2D eigenvalue weighted by molar-refractivity contribution is 5.91. The average Bonchev–Trinajstić information content (AvgIpc) is 2.36. The number of hydrogen-bond donors (Lipinski definition) is 0. The number of methoxy groups -OCH3 is 1. The molecule has 1 aromatic rings. The molecule has 0 bridgehead atoms. The summed E-state index contributed by atoms with van der Waals surface area (Å²) in [5.74, 6) is -0.295. The Bertz CT molecular complexity index is 522. The van der Waals surface area contributed by atoms with Gasteiger partial charge in [0, 0.05) is 6.08 Å². The van der Waals surface area contributed by atoms with Gasteiger partial charge in [-0.3, -0.25) is 10.1 Å². The molecule has 6 heteroatoms. The molecular formula is C13H15NO5. The van der Waals surface area contributed by atoms with E-state index < -0.39 is 16.6 Å². The Kier molecular flexibility index (Phi) is 5.05.